The molecule has 2 atom stereocenters. The Hall–Kier alpha value is -2.41. The van der Waals surface area contributed by atoms with E-state index >= 15 is 0 Å². The predicted octanol–water partition coefficient (Wildman–Crippen LogP) is 2.06. The number of nitrogens with zero attached hydrogens (tertiary/aromatic N) is 2. The van der Waals surface area contributed by atoms with Crippen LogP contribution < -0.4 is 5.32 Å². The molecule has 132 valence electrons. The molecule has 25 heavy (non-hydrogen) atoms. The highest BCUT2D eigenvalue weighted by atomic mass is 16.5. The normalized spacial score (nSPS) is 23.8. The van der Waals surface area contributed by atoms with E-state index < -0.39 is 6.04 Å². The molecule has 1 aromatic carbocycles. The lowest BCUT2D eigenvalue weighted by Crippen LogP contribution is -2.52. The Labute approximate surface area is 145 Å². The fourth-order valence-electron chi connectivity index (χ4n) is 3.66. The van der Waals surface area contributed by atoms with Gasteiger partial charge in [-0.15, -0.1) is 0 Å². The number of aromatic nitrogens is 2. The van der Waals surface area contributed by atoms with Crippen molar-refractivity contribution in [3.8, 4) is 0 Å². The van der Waals surface area contributed by atoms with Crippen molar-refractivity contribution in [2.24, 2.45) is 0 Å². The Morgan fingerprint density at radius 3 is 3.00 bits per heavy atom. The Bertz CT molecular complexity index is 781. The summed E-state index contributed by atoms with van der Waals surface area (Å²) in [5, 5.41) is 2.95. The summed E-state index contributed by atoms with van der Waals surface area (Å²) in [5.41, 5.74) is 2.43. The number of likely N-dealkylation sites (tertiary alicyclic amines) is 1. The summed E-state index contributed by atoms with van der Waals surface area (Å²) in [6, 6.07) is 5.12. The summed E-state index contributed by atoms with van der Waals surface area (Å²) < 4.78 is 5.52. The van der Waals surface area contributed by atoms with Gasteiger partial charge < -0.3 is 19.9 Å². The Morgan fingerprint density at radius 2 is 2.16 bits per heavy atom. The number of benzene rings is 1. The molecule has 2 saturated heterocycles. The average molecular weight is 342 g/mol. The number of piperidine rings is 1. The van der Waals surface area contributed by atoms with Crippen LogP contribution in [0.5, 0.6) is 0 Å². The summed E-state index contributed by atoms with van der Waals surface area (Å²) >= 11 is 0. The summed E-state index contributed by atoms with van der Waals surface area (Å²) in [7, 11) is 0. The van der Waals surface area contributed by atoms with Gasteiger partial charge in [-0.1, -0.05) is 0 Å². The maximum Gasteiger partial charge on any atom is 0.252 e. The minimum absolute atomic E-state index is 0.0404. The Balaban J connectivity index is 1.49. The second kappa shape index (κ2) is 6.84. The van der Waals surface area contributed by atoms with Gasteiger partial charge in [0.25, 0.3) is 5.91 Å². The van der Waals surface area contributed by atoms with E-state index in [4.69, 9.17) is 4.74 Å². The largest absolute Gasteiger partial charge is 0.368 e. The molecule has 0 saturated carbocycles. The van der Waals surface area contributed by atoms with Crippen molar-refractivity contribution in [3.05, 3.63) is 24.5 Å². The average Bonchev–Trinajstić information content (AvgIpc) is 3.32. The van der Waals surface area contributed by atoms with Gasteiger partial charge in [0.1, 0.15) is 12.1 Å². The van der Waals surface area contributed by atoms with E-state index in [9.17, 15) is 9.59 Å². The van der Waals surface area contributed by atoms with Crippen LogP contribution in [0.3, 0.4) is 0 Å². The van der Waals surface area contributed by atoms with E-state index in [1.165, 1.54) is 0 Å². The number of carbonyl (C=O) groups is 2. The number of anilines is 1. The van der Waals surface area contributed by atoms with Crippen LogP contribution in [-0.4, -0.2) is 52.0 Å². The van der Waals surface area contributed by atoms with Gasteiger partial charge in [-0.3, -0.25) is 9.59 Å². The van der Waals surface area contributed by atoms with Gasteiger partial charge in [-0.25, -0.2) is 4.98 Å². The molecule has 2 fully saturated rings. The number of carbonyl (C=O) groups excluding carboxylic acids is 2. The molecule has 2 aliphatic rings. The van der Waals surface area contributed by atoms with E-state index in [1.54, 1.807) is 11.2 Å². The molecule has 7 heteroatoms. The maximum atomic E-state index is 12.8. The number of hydrogen-bond donors (Lipinski definition) is 2. The third kappa shape index (κ3) is 3.24. The number of aromatic amines is 1. The molecule has 2 N–H and O–H groups in total. The minimum Gasteiger partial charge on any atom is -0.368 e. The van der Waals surface area contributed by atoms with Crippen molar-refractivity contribution >= 4 is 28.5 Å². The van der Waals surface area contributed by atoms with Gasteiger partial charge in [0, 0.05) is 18.8 Å². The molecule has 0 aliphatic carbocycles. The van der Waals surface area contributed by atoms with Crippen molar-refractivity contribution in [2.45, 2.75) is 44.2 Å². The van der Waals surface area contributed by atoms with E-state index in [0.717, 1.165) is 36.7 Å². The number of hydrogen-bond acceptors (Lipinski definition) is 4. The Morgan fingerprint density at radius 1 is 1.24 bits per heavy atom. The molecule has 2 amide bonds. The van der Waals surface area contributed by atoms with Crippen LogP contribution in [0.4, 0.5) is 5.69 Å². The van der Waals surface area contributed by atoms with Gasteiger partial charge in [0.2, 0.25) is 5.91 Å². The third-order valence-corrected chi connectivity index (χ3v) is 4.98. The maximum absolute atomic E-state index is 12.8. The zero-order valence-corrected chi connectivity index (χ0v) is 14.0. The van der Waals surface area contributed by atoms with E-state index in [0.29, 0.717) is 25.3 Å². The molecular weight excluding hydrogens is 320 g/mol. The molecule has 1 aromatic heterocycles. The van der Waals surface area contributed by atoms with Gasteiger partial charge in [0.05, 0.1) is 17.4 Å². The lowest BCUT2D eigenvalue weighted by Gasteiger charge is -2.36. The van der Waals surface area contributed by atoms with Gasteiger partial charge in [-0.2, -0.15) is 0 Å². The first-order chi connectivity index (χ1) is 12.2. The van der Waals surface area contributed by atoms with E-state index in [1.807, 2.05) is 18.2 Å². The summed E-state index contributed by atoms with van der Waals surface area (Å²) in [5.74, 6) is -0.175. The smallest absolute Gasteiger partial charge is 0.252 e. The fraction of sp³-hybridized carbons (Fsp3) is 0.500. The van der Waals surface area contributed by atoms with Crippen molar-refractivity contribution in [2.75, 3.05) is 18.5 Å². The number of H-pyrrole nitrogens is 1. The zero-order chi connectivity index (χ0) is 17.2. The zero-order valence-electron chi connectivity index (χ0n) is 14.0. The quantitative estimate of drug-likeness (QED) is 0.894. The Kier molecular flexibility index (Phi) is 4.40. The molecule has 0 unspecified atom stereocenters. The molecule has 7 nitrogen and oxygen atoms in total. The van der Waals surface area contributed by atoms with Crippen LogP contribution in [0, 0.1) is 0 Å². The van der Waals surface area contributed by atoms with Crippen LogP contribution >= 0.6 is 0 Å². The van der Waals surface area contributed by atoms with Crippen molar-refractivity contribution in [1.82, 2.24) is 14.9 Å². The topological polar surface area (TPSA) is 87.3 Å². The van der Waals surface area contributed by atoms with Gasteiger partial charge >= 0.3 is 0 Å². The van der Waals surface area contributed by atoms with E-state index in [-0.39, 0.29) is 17.9 Å². The van der Waals surface area contributed by atoms with Crippen molar-refractivity contribution in [1.29, 1.82) is 0 Å². The number of fused-ring (bicyclic) bond motifs is 1. The fourth-order valence-corrected chi connectivity index (χ4v) is 3.66. The number of nitrogens with one attached hydrogen (secondary N) is 2. The van der Waals surface area contributed by atoms with Crippen LogP contribution in [0.2, 0.25) is 0 Å². The van der Waals surface area contributed by atoms with Gasteiger partial charge in [-0.05, 0) is 50.3 Å². The monoisotopic (exact) mass is 342 g/mol. The second-order valence-electron chi connectivity index (χ2n) is 6.67. The molecule has 2 aromatic rings. The number of amides is 2. The summed E-state index contributed by atoms with van der Waals surface area (Å²) in [6.45, 7) is 1.25. The SMILES string of the molecule is O=C(Nc1ccc2nc[nH]c2c1)[C@@H]1CCCCN1C(=O)[C@H]1CCCO1. The standard InChI is InChI=1S/C18H22N4O3/c23-17(21-12-6-7-13-14(10-12)20-11-19-13)15-4-1-2-8-22(15)18(24)16-5-3-9-25-16/h6-7,10-11,15-16H,1-5,8-9H2,(H,19,20)(H,21,23)/t15-,16+/m0/s1. The first-order valence-corrected chi connectivity index (χ1v) is 8.88. The van der Waals surface area contributed by atoms with Crippen molar-refractivity contribution < 1.29 is 14.3 Å². The van der Waals surface area contributed by atoms with Crippen LogP contribution in [0.25, 0.3) is 11.0 Å². The first kappa shape index (κ1) is 16.1. The minimum atomic E-state index is -0.428. The highest BCUT2D eigenvalue weighted by Gasteiger charge is 2.37. The molecule has 4 rings (SSSR count). The number of ether oxygens (including phenoxy) is 1. The first-order valence-electron chi connectivity index (χ1n) is 8.88. The molecule has 3 heterocycles. The van der Waals surface area contributed by atoms with Crippen LogP contribution in [0.1, 0.15) is 32.1 Å². The second-order valence-corrected chi connectivity index (χ2v) is 6.67. The molecule has 0 spiro atoms. The highest BCUT2D eigenvalue weighted by Crippen LogP contribution is 2.24. The third-order valence-electron chi connectivity index (χ3n) is 4.98. The molecule has 0 radical (unpaired) electrons. The lowest BCUT2D eigenvalue weighted by atomic mass is 10.00. The molecule has 2 aliphatic heterocycles. The lowest BCUT2D eigenvalue weighted by molar-refractivity contribution is -0.148. The highest BCUT2D eigenvalue weighted by molar-refractivity contribution is 5.99. The van der Waals surface area contributed by atoms with Crippen molar-refractivity contribution in [3.63, 3.8) is 0 Å². The molecule has 0 bridgehead atoms. The number of imidazole rings is 1. The summed E-state index contributed by atoms with van der Waals surface area (Å²) in [6.07, 6.45) is 5.48. The van der Waals surface area contributed by atoms with Crippen LogP contribution in [0.15, 0.2) is 24.5 Å². The summed E-state index contributed by atoms with van der Waals surface area (Å²) in [4.78, 5) is 34.4. The predicted molar refractivity (Wildman–Crippen MR) is 93.0 cm³/mol. The van der Waals surface area contributed by atoms with E-state index in [2.05, 4.69) is 15.3 Å². The molecular formula is C18H22N4O3. The van der Waals surface area contributed by atoms with Gasteiger partial charge in [0.15, 0.2) is 0 Å². The van der Waals surface area contributed by atoms with Crippen LogP contribution in [-0.2, 0) is 14.3 Å². The number of rotatable bonds is 3.